The van der Waals surface area contributed by atoms with Crippen LogP contribution in [0.25, 0.3) is 10.9 Å². The van der Waals surface area contributed by atoms with E-state index in [1.54, 1.807) is 10.6 Å². The molecule has 5 heteroatoms. The topological polar surface area (TPSA) is 37.8 Å². The lowest BCUT2D eigenvalue weighted by atomic mass is 10.2. The van der Waals surface area contributed by atoms with E-state index in [2.05, 4.69) is 11.9 Å². The maximum Gasteiger partial charge on any atom is 0.262 e. The maximum absolute atomic E-state index is 13.2. The number of fused-ring (bicyclic) bond motifs is 1. The van der Waals surface area contributed by atoms with Crippen molar-refractivity contribution in [3.63, 3.8) is 0 Å². The summed E-state index contributed by atoms with van der Waals surface area (Å²) in [7, 11) is 0. The van der Waals surface area contributed by atoms with Gasteiger partial charge in [-0.15, -0.1) is 0 Å². The van der Waals surface area contributed by atoms with Crippen LogP contribution in [0.2, 0.25) is 0 Å². The molecule has 0 aliphatic heterocycles. The summed E-state index contributed by atoms with van der Waals surface area (Å²) >= 11 is 5.18. The van der Waals surface area contributed by atoms with E-state index < -0.39 is 5.82 Å². The smallest absolute Gasteiger partial charge is 0.262 e. The van der Waals surface area contributed by atoms with Crippen molar-refractivity contribution in [1.29, 1.82) is 0 Å². The molecule has 3 rings (SSSR count). The fourth-order valence-electron chi connectivity index (χ4n) is 2.16. The Morgan fingerprint density at radius 3 is 2.88 bits per heavy atom. The number of aromatic nitrogens is 2. The Labute approximate surface area is 102 Å². The van der Waals surface area contributed by atoms with Crippen LogP contribution in [0.1, 0.15) is 19.4 Å². The number of hydrogen-bond donors (Lipinski definition) is 1. The molecule has 88 valence electrons. The highest BCUT2D eigenvalue weighted by Gasteiger charge is 2.36. The van der Waals surface area contributed by atoms with Gasteiger partial charge in [0.25, 0.3) is 5.56 Å². The van der Waals surface area contributed by atoms with Crippen molar-refractivity contribution in [3.05, 3.63) is 39.1 Å². The van der Waals surface area contributed by atoms with E-state index >= 15 is 0 Å². The molecule has 0 amide bonds. The average Bonchev–Trinajstić information content (AvgIpc) is 2.97. The molecule has 1 aliphatic rings. The molecule has 0 spiro atoms. The predicted octanol–water partition coefficient (Wildman–Crippen LogP) is 2.78. The van der Waals surface area contributed by atoms with Crippen LogP contribution >= 0.6 is 12.2 Å². The van der Waals surface area contributed by atoms with Crippen molar-refractivity contribution in [1.82, 2.24) is 9.55 Å². The van der Waals surface area contributed by atoms with Crippen LogP contribution in [0, 0.1) is 16.5 Å². The second kappa shape index (κ2) is 3.50. The summed E-state index contributed by atoms with van der Waals surface area (Å²) in [5, 5.41) is 0.359. The van der Waals surface area contributed by atoms with Crippen molar-refractivity contribution >= 4 is 23.1 Å². The molecular weight excluding hydrogens is 239 g/mol. The molecular formula is C12H11FN2OS. The number of hydrogen-bond acceptors (Lipinski definition) is 2. The molecule has 1 heterocycles. The third-order valence-electron chi connectivity index (χ3n) is 3.29. The number of nitrogens with zero attached hydrogens (tertiary/aromatic N) is 1. The van der Waals surface area contributed by atoms with E-state index in [1.165, 1.54) is 12.1 Å². The molecule has 1 fully saturated rings. The number of halogens is 1. The largest absolute Gasteiger partial charge is 0.332 e. The maximum atomic E-state index is 13.2. The first-order valence-electron chi connectivity index (χ1n) is 5.52. The first-order valence-corrected chi connectivity index (χ1v) is 5.93. The molecule has 1 N–H and O–H groups in total. The van der Waals surface area contributed by atoms with Crippen LogP contribution in [0.3, 0.4) is 0 Å². The van der Waals surface area contributed by atoms with Gasteiger partial charge in [-0.25, -0.2) is 4.39 Å². The molecule has 17 heavy (non-hydrogen) atoms. The molecule has 2 aromatic rings. The Morgan fingerprint density at radius 2 is 2.24 bits per heavy atom. The average molecular weight is 250 g/mol. The first kappa shape index (κ1) is 10.7. The van der Waals surface area contributed by atoms with Crippen LogP contribution in [-0.2, 0) is 0 Å². The van der Waals surface area contributed by atoms with Gasteiger partial charge >= 0.3 is 0 Å². The summed E-state index contributed by atoms with van der Waals surface area (Å²) in [4.78, 5) is 15.2. The Balaban J connectivity index is 2.37. The first-order chi connectivity index (χ1) is 8.08. The summed E-state index contributed by atoms with van der Waals surface area (Å²) < 4.78 is 15.1. The van der Waals surface area contributed by atoms with Gasteiger partial charge in [-0.05, 0) is 42.8 Å². The van der Waals surface area contributed by atoms with Gasteiger partial charge in [0.2, 0.25) is 0 Å². The minimum atomic E-state index is -0.407. The molecule has 0 unspecified atom stereocenters. The normalized spacial score (nSPS) is 22.9. The van der Waals surface area contributed by atoms with Crippen LogP contribution in [0.15, 0.2) is 23.0 Å². The van der Waals surface area contributed by atoms with Gasteiger partial charge in [0.05, 0.1) is 10.9 Å². The van der Waals surface area contributed by atoms with Gasteiger partial charge in [-0.2, -0.15) is 0 Å². The molecule has 1 saturated carbocycles. The highest BCUT2D eigenvalue weighted by molar-refractivity contribution is 7.71. The fraction of sp³-hybridized carbons (Fsp3) is 0.333. The van der Waals surface area contributed by atoms with Crippen molar-refractivity contribution < 1.29 is 4.39 Å². The van der Waals surface area contributed by atoms with E-state index in [0.29, 0.717) is 21.6 Å². The van der Waals surface area contributed by atoms with Gasteiger partial charge in [-0.1, -0.05) is 6.92 Å². The van der Waals surface area contributed by atoms with E-state index in [9.17, 15) is 9.18 Å². The lowest BCUT2D eigenvalue weighted by Gasteiger charge is -2.06. The predicted molar refractivity (Wildman–Crippen MR) is 66.2 cm³/mol. The zero-order valence-corrected chi connectivity index (χ0v) is 10.1. The standard InChI is InChI=1S/C12H11FN2OS/c1-6-4-10(6)15-11(16)8-5-7(13)2-3-9(8)14-12(15)17/h2-3,5-6,10H,4H2,1H3,(H,14,17)/t6-,10-/m1/s1. The second-order valence-electron chi connectivity index (χ2n) is 4.58. The Kier molecular flexibility index (Phi) is 2.19. The number of H-pyrrole nitrogens is 1. The molecule has 1 aromatic carbocycles. The zero-order chi connectivity index (χ0) is 12.2. The summed E-state index contributed by atoms with van der Waals surface area (Å²) in [5.74, 6) is 0.0596. The van der Waals surface area contributed by atoms with Crippen LogP contribution in [0.4, 0.5) is 4.39 Å². The van der Waals surface area contributed by atoms with E-state index in [-0.39, 0.29) is 11.6 Å². The highest BCUT2D eigenvalue weighted by atomic mass is 32.1. The van der Waals surface area contributed by atoms with Crippen LogP contribution < -0.4 is 5.56 Å². The molecule has 2 atom stereocenters. The summed E-state index contributed by atoms with van der Waals surface area (Å²) in [6.07, 6.45) is 0.957. The molecule has 3 nitrogen and oxygen atoms in total. The Bertz CT molecular complexity index is 718. The van der Waals surface area contributed by atoms with E-state index in [0.717, 1.165) is 6.42 Å². The van der Waals surface area contributed by atoms with Crippen molar-refractivity contribution in [2.45, 2.75) is 19.4 Å². The van der Waals surface area contributed by atoms with Crippen LogP contribution in [-0.4, -0.2) is 9.55 Å². The van der Waals surface area contributed by atoms with E-state index in [4.69, 9.17) is 12.2 Å². The van der Waals surface area contributed by atoms with Crippen molar-refractivity contribution in [2.24, 2.45) is 5.92 Å². The Morgan fingerprint density at radius 1 is 1.53 bits per heavy atom. The summed E-state index contributed by atoms with van der Waals surface area (Å²) in [6, 6.07) is 4.28. The molecule has 1 aliphatic carbocycles. The minimum absolute atomic E-state index is 0.166. The quantitative estimate of drug-likeness (QED) is 0.790. The van der Waals surface area contributed by atoms with Gasteiger partial charge in [0.1, 0.15) is 5.82 Å². The van der Waals surface area contributed by atoms with Gasteiger partial charge in [0.15, 0.2) is 4.77 Å². The number of benzene rings is 1. The highest BCUT2D eigenvalue weighted by Crippen LogP contribution is 2.41. The third kappa shape index (κ3) is 1.61. The molecule has 0 radical (unpaired) electrons. The van der Waals surface area contributed by atoms with Gasteiger partial charge in [0, 0.05) is 6.04 Å². The molecule has 0 saturated heterocycles. The number of aromatic amines is 1. The van der Waals surface area contributed by atoms with E-state index in [1.807, 2.05) is 0 Å². The molecule has 1 aromatic heterocycles. The van der Waals surface area contributed by atoms with Gasteiger partial charge in [-0.3, -0.25) is 9.36 Å². The summed E-state index contributed by atoms with van der Waals surface area (Å²) in [6.45, 7) is 2.07. The van der Waals surface area contributed by atoms with Crippen molar-refractivity contribution in [2.75, 3.05) is 0 Å². The number of rotatable bonds is 1. The molecule has 0 bridgehead atoms. The van der Waals surface area contributed by atoms with Crippen LogP contribution in [0.5, 0.6) is 0 Å². The lowest BCUT2D eigenvalue weighted by molar-refractivity contribution is 0.625. The van der Waals surface area contributed by atoms with Crippen molar-refractivity contribution in [3.8, 4) is 0 Å². The van der Waals surface area contributed by atoms with Gasteiger partial charge < -0.3 is 4.98 Å². The third-order valence-corrected chi connectivity index (χ3v) is 3.59. The second-order valence-corrected chi connectivity index (χ2v) is 4.96. The SMILES string of the molecule is C[C@@H]1C[C@H]1n1c(=S)[nH]c2ccc(F)cc2c1=O. The Hall–Kier alpha value is -1.49. The monoisotopic (exact) mass is 250 g/mol. The zero-order valence-electron chi connectivity index (χ0n) is 9.24. The summed E-state index contributed by atoms with van der Waals surface area (Å²) in [5.41, 5.74) is 0.392. The lowest BCUT2D eigenvalue weighted by Crippen LogP contribution is -2.21. The fourth-order valence-corrected chi connectivity index (χ4v) is 2.49. The minimum Gasteiger partial charge on any atom is -0.332 e. The number of nitrogens with one attached hydrogen (secondary N) is 1.